The maximum atomic E-state index is 6.55. The van der Waals surface area contributed by atoms with Gasteiger partial charge in [0.15, 0.2) is 8.32 Å². The summed E-state index contributed by atoms with van der Waals surface area (Å²) in [5.41, 5.74) is 4.84. The summed E-state index contributed by atoms with van der Waals surface area (Å²) in [6.07, 6.45) is 13.1. The maximum absolute atomic E-state index is 6.55. The highest BCUT2D eigenvalue weighted by atomic mass is 28.4. The monoisotopic (exact) mass is 465 g/mol. The van der Waals surface area contributed by atoms with Gasteiger partial charge in [0.25, 0.3) is 0 Å². The average Bonchev–Trinajstić information content (AvgIpc) is 3.10. The lowest BCUT2D eigenvalue weighted by atomic mass is 9.48. The third-order valence-corrected chi connectivity index (χ3v) is 10.6. The Kier molecular flexibility index (Phi) is 6.14. The molecule has 0 radical (unpaired) electrons. The van der Waals surface area contributed by atoms with Gasteiger partial charge in [-0.3, -0.25) is 0 Å². The van der Waals surface area contributed by atoms with Crippen LogP contribution in [0.15, 0.2) is 47.1 Å². The highest BCUT2D eigenvalue weighted by Gasteiger charge is 2.58. The van der Waals surface area contributed by atoms with E-state index in [0.717, 1.165) is 24.2 Å². The molecule has 6 atom stereocenters. The van der Waals surface area contributed by atoms with Crippen molar-refractivity contribution in [1.82, 2.24) is 0 Å². The summed E-state index contributed by atoms with van der Waals surface area (Å²) < 4.78 is 6.55. The normalized spacial score (nSPS) is 39.4. The molecule has 4 aliphatic carbocycles. The lowest BCUT2D eigenvalue weighted by Crippen LogP contribution is -2.51. The molecule has 0 saturated heterocycles. The van der Waals surface area contributed by atoms with Gasteiger partial charge < -0.3 is 9.26 Å². The predicted molar refractivity (Wildman–Crippen MR) is 139 cm³/mol. The van der Waals surface area contributed by atoms with Crippen LogP contribution in [0.1, 0.15) is 70.8 Å². The Morgan fingerprint density at radius 3 is 2.45 bits per heavy atom. The fourth-order valence-electron chi connectivity index (χ4n) is 7.93. The van der Waals surface area contributed by atoms with Crippen LogP contribution in [0.2, 0.25) is 19.6 Å². The van der Waals surface area contributed by atoms with Gasteiger partial charge in [0, 0.05) is 11.5 Å². The third-order valence-electron chi connectivity index (χ3n) is 9.57. The number of rotatable bonds is 5. The topological polar surface area (TPSA) is 30.8 Å². The number of hydrogen-bond acceptors (Lipinski definition) is 3. The number of benzene rings is 1. The van der Waals surface area contributed by atoms with Crippen molar-refractivity contribution in [3.63, 3.8) is 0 Å². The maximum Gasteiger partial charge on any atom is 0.184 e. The van der Waals surface area contributed by atoms with Crippen molar-refractivity contribution < 1.29 is 9.26 Å². The fraction of sp³-hybridized carbons (Fsp3) is 0.690. The van der Waals surface area contributed by atoms with Gasteiger partial charge in [0.2, 0.25) is 0 Å². The predicted octanol–water partition coefficient (Wildman–Crippen LogP) is 7.74. The van der Waals surface area contributed by atoms with Crippen molar-refractivity contribution in [2.24, 2.45) is 33.7 Å². The van der Waals surface area contributed by atoms with Crippen LogP contribution in [-0.2, 0) is 15.9 Å². The van der Waals surface area contributed by atoms with E-state index in [9.17, 15) is 0 Å². The SMILES string of the molecule is C[C@]12CCC(O[Si](C)(C)C)CC1=CC[C@@H]1[C@@H]2CC[C@]2(C)/C(=N/OCc3ccccc3)CC[C@@H]12. The Morgan fingerprint density at radius 2 is 1.70 bits per heavy atom. The van der Waals surface area contributed by atoms with Crippen molar-refractivity contribution >= 4 is 14.0 Å². The van der Waals surface area contributed by atoms with Crippen molar-refractivity contribution in [3.8, 4) is 0 Å². The highest BCUT2D eigenvalue weighted by molar-refractivity contribution is 6.69. The van der Waals surface area contributed by atoms with Gasteiger partial charge >= 0.3 is 0 Å². The van der Waals surface area contributed by atoms with Gasteiger partial charge in [-0.25, -0.2) is 0 Å². The molecule has 4 aliphatic rings. The lowest BCUT2D eigenvalue weighted by Gasteiger charge is -2.57. The molecular weight excluding hydrogens is 422 g/mol. The van der Waals surface area contributed by atoms with E-state index in [1.807, 2.05) is 6.07 Å². The summed E-state index contributed by atoms with van der Waals surface area (Å²) >= 11 is 0. The van der Waals surface area contributed by atoms with Gasteiger partial charge in [-0.15, -0.1) is 0 Å². The minimum Gasteiger partial charge on any atom is -0.414 e. The summed E-state index contributed by atoms with van der Waals surface area (Å²) in [6, 6.07) is 10.4. The van der Waals surface area contributed by atoms with Gasteiger partial charge in [-0.1, -0.05) is 61.0 Å². The molecule has 0 aliphatic heterocycles. The zero-order chi connectivity index (χ0) is 23.3. The molecule has 0 N–H and O–H groups in total. The molecular formula is C29H43NO2Si. The van der Waals surface area contributed by atoms with Crippen LogP contribution in [0.5, 0.6) is 0 Å². The zero-order valence-electron chi connectivity index (χ0n) is 21.4. The first-order chi connectivity index (χ1) is 15.7. The molecule has 3 nitrogen and oxygen atoms in total. The molecule has 5 rings (SSSR count). The Morgan fingerprint density at radius 1 is 0.970 bits per heavy atom. The van der Waals surface area contributed by atoms with Crippen molar-refractivity contribution in [2.45, 2.75) is 97.6 Å². The quantitative estimate of drug-likeness (QED) is 0.253. The molecule has 1 aromatic carbocycles. The number of nitrogens with zero attached hydrogens (tertiary/aromatic N) is 1. The summed E-state index contributed by atoms with van der Waals surface area (Å²) in [7, 11) is -1.48. The van der Waals surface area contributed by atoms with Crippen LogP contribution in [0.4, 0.5) is 0 Å². The van der Waals surface area contributed by atoms with E-state index in [2.05, 4.69) is 63.8 Å². The van der Waals surface area contributed by atoms with Crippen LogP contribution < -0.4 is 0 Å². The molecule has 3 saturated carbocycles. The van der Waals surface area contributed by atoms with Crippen molar-refractivity contribution in [2.75, 3.05) is 0 Å². The van der Waals surface area contributed by atoms with E-state index in [1.165, 1.54) is 56.2 Å². The molecule has 1 aromatic rings. The first-order valence-electron chi connectivity index (χ1n) is 13.3. The van der Waals surface area contributed by atoms with Gasteiger partial charge in [-0.05, 0) is 99.7 Å². The zero-order valence-corrected chi connectivity index (χ0v) is 22.4. The number of oxime groups is 1. The smallest absolute Gasteiger partial charge is 0.184 e. The number of hydrogen-bond donors (Lipinski definition) is 0. The minimum absolute atomic E-state index is 0.220. The Labute approximate surface area is 202 Å². The molecule has 0 spiro atoms. The largest absolute Gasteiger partial charge is 0.414 e. The van der Waals surface area contributed by atoms with E-state index >= 15 is 0 Å². The van der Waals surface area contributed by atoms with Crippen LogP contribution in [0, 0.1) is 28.6 Å². The molecule has 0 amide bonds. The molecule has 1 unspecified atom stereocenters. The second-order valence-corrected chi connectivity index (χ2v) is 17.1. The molecule has 0 bridgehead atoms. The first kappa shape index (κ1) is 23.4. The van der Waals surface area contributed by atoms with E-state index < -0.39 is 8.32 Å². The third kappa shape index (κ3) is 4.38. The molecule has 33 heavy (non-hydrogen) atoms. The van der Waals surface area contributed by atoms with Gasteiger partial charge in [-0.2, -0.15) is 0 Å². The highest BCUT2D eigenvalue weighted by Crippen LogP contribution is 2.64. The molecule has 0 heterocycles. The molecule has 4 heteroatoms. The summed E-state index contributed by atoms with van der Waals surface area (Å²) in [4.78, 5) is 5.88. The second-order valence-electron chi connectivity index (χ2n) is 12.6. The Balaban J connectivity index is 1.30. The fourth-order valence-corrected chi connectivity index (χ4v) is 9.13. The van der Waals surface area contributed by atoms with E-state index in [0.29, 0.717) is 18.1 Å². The standard InChI is InChI=1S/C29H43NO2Si/c1-28-17-15-23(32-33(3,4)5)19-22(28)11-12-24-25-13-14-27(29(25,2)18-16-26(24)28)30-31-20-21-9-7-6-8-10-21/h6-11,23-26H,12-20H2,1-5H3/b30-27+/t23?,24-,25-,26-,28-,29-/m0/s1. The van der Waals surface area contributed by atoms with Crippen LogP contribution in [-0.4, -0.2) is 20.1 Å². The lowest BCUT2D eigenvalue weighted by molar-refractivity contribution is -0.0197. The van der Waals surface area contributed by atoms with Crippen molar-refractivity contribution in [1.29, 1.82) is 0 Å². The van der Waals surface area contributed by atoms with Crippen molar-refractivity contribution in [3.05, 3.63) is 47.5 Å². The average molecular weight is 466 g/mol. The minimum atomic E-state index is -1.48. The molecule has 0 aromatic heterocycles. The van der Waals surface area contributed by atoms with E-state index in [4.69, 9.17) is 14.4 Å². The van der Waals surface area contributed by atoms with Gasteiger partial charge in [0.05, 0.1) is 5.71 Å². The number of allylic oxidation sites excluding steroid dienone is 1. The molecule has 3 fully saturated rings. The molecule has 180 valence electrons. The number of fused-ring (bicyclic) bond motifs is 5. The first-order valence-corrected chi connectivity index (χ1v) is 16.7. The Bertz CT molecular complexity index is 919. The Hall–Kier alpha value is -1.39. The van der Waals surface area contributed by atoms with Crippen LogP contribution in [0.25, 0.3) is 0 Å². The van der Waals surface area contributed by atoms with Gasteiger partial charge in [0.1, 0.15) is 6.61 Å². The summed E-state index contributed by atoms with van der Waals surface area (Å²) in [5.74, 6) is 2.38. The summed E-state index contributed by atoms with van der Waals surface area (Å²) in [5, 5.41) is 4.74. The second kappa shape index (κ2) is 8.68. The van der Waals surface area contributed by atoms with E-state index in [-0.39, 0.29) is 5.41 Å². The van der Waals surface area contributed by atoms with E-state index in [1.54, 1.807) is 5.57 Å². The van der Waals surface area contributed by atoms with Crippen LogP contribution >= 0.6 is 0 Å². The van der Waals surface area contributed by atoms with Crippen LogP contribution in [0.3, 0.4) is 0 Å². The summed E-state index contributed by atoms with van der Waals surface area (Å²) in [6.45, 7) is 12.6.